The summed E-state index contributed by atoms with van der Waals surface area (Å²) in [4.78, 5) is 11.1. The van der Waals surface area contributed by atoms with Crippen molar-refractivity contribution >= 4 is 5.78 Å². The Morgan fingerprint density at radius 1 is 1.23 bits per heavy atom. The minimum absolute atomic E-state index is 0.347. The fourth-order valence-electron chi connectivity index (χ4n) is 2.33. The van der Waals surface area contributed by atoms with Crippen molar-refractivity contribution in [2.24, 2.45) is 5.41 Å². The van der Waals surface area contributed by atoms with Crippen molar-refractivity contribution in [2.75, 3.05) is 0 Å². The Kier molecular flexibility index (Phi) is 3.29. The summed E-state index contributed by atoms with van der Waals surface area (Å²) in [5.74, 6) is 0.347. The van der Waals surface area contributed by atoms with E-state index in [2.05, 4.69) is 6.92 Å². The number of ketones is 1. The molecular formula is C12H20O. The van der Waals surface area contributed by atoms with E-state index in [1.165, 1.54) is 24.8 Å². The van der Waals surface area contributed by atoms with Crippen molar-refractivity contribution in [1.29, 1.82) is 0 Å². The molecule has 1 nitrogen and oxygen atoms in total. The highest BCUT2D eigenvalue weighted by molar-refractivity contribution is 5.91. The fourth-order valence-corrected chi connectivity index (χ4v) is 2.33. The third-order valence-electron chi connectivity index (χ3n) is 3.21. The first kappa shape index (κ1) is 10.5. The molecular weight excluding hydrogens is 160 g/mol. The normalized spacial score (nSPS) is 31.6. The van der Waals surface area contributed by atoms with Crippen molar-refractivity contribution in [3.05, 3.63) is 11.6 Å². The highest BCUT2D eigenvalue weighted by Crippen LogP contribution is 2.47. The van der Waals surface area contributed by atoms with E-state index >= 15 is 0 Å². The zero-order valence-electron chi connectivity index (χ0n) is 9.02. The van der Waals surface area contributed by atoms with Gasteiger partial charge in [0.1, 0.15) is 0 Å². The van der Waals surface area contributed by atoms with E-state index in [4.69, 9.17) is 0 Å². The molecule has 0 bridgehead atoms. The molecule has 0 N–H and O–H groups in total. The summed E-state index contributed by atoms with van der Waals surface area (Å²) in [6, 6.07) is 0. The van der Waals surface area contributed by atoms with E-state index in [1.54, 1.807) is 0 Å². The molecule has 0 radical (unpaired) electrons. The van der Waals surface area contributed by atoms with Crippen molar-refractivity contribution in [3.8, 4) is 0 Å². The van der Waals surface area contributed by atoms with Gasteiger partial charge in [0.15, 0.2) is 5.78 Å². The minimum atomic E-state index is 0.347. The first-order valence-electron chi connectivity index (χ1n) is 5.45. The Labute approximate surface area is 81.2 Å². The van der Waals surface area contributed by atoms with Crippen LogP contribution < -0.4 is 0 Å². The summed E-state index contributed by atoms with van der Waals surface area (Å²) < 4.78 is 0. The van der Waals surface area contributed by atoms with Gasteiger partial charge < -0.3 is 0 Å². The van der Waals surface area contributed by atoms with Crippen LogP contribution in [0.2, 0.25) is 0 Å². The van der Waals surface area contributed by atoms with Crippen LogP contribution in [0.25, 0.3) is 0 Å². The maximum absolute atomic E-state index is 11.1. The fraction of sp³-hybridized carbons (Fsp3) is 0.750. The van der Waals surface area contributed by atoms with Crippen LogP contribution in [0.5, 0.6) is 0 Å². The minimum Gasteiger partial charge on any atom is -0.295 e. The van der Waals surface area contributed by atoms with Gasteiger partial charge in [0.2, 0.25) is 0 Å². The van der Waals surface area contributed by atoms with Gasteiger partial charge in [0.25, 0.3) is 0 Å². The van der Waals surface area contributed by atoms with Gasteiger partial charge in [-0.05, 0) is 37.2 Å². The van der Waals surface area contributed by atoms with Gasteiger partial charge in [-0.2, -0.15) is 0 Å². The second-order valence-electron chi connectivity index (χ2n) is 4.05. The third-order valence-corrected chi connectivity index (χ3v) is 3.21. The first-order valence-corrected chi connectivity index (χ1v) is 5.45. The molecule has 0 spiro atoms. The molecule has 0 amide bonds. The smallest absolute Gasteiger partial charge is 0.155 e. The SMILES string of the molecule is CC.C[C@]12CCCC1=CC(=O)CC2. The Hall–Kier alpha value is -0.590. The van der Waals surface area contributed by atoms with Crippen molar-refractivity contribution in [2.45, 2.75) is 52.9 Å². The van der Waals surface area contributed by atoms with Crippen LogP contribution in [-0.2, 0) is 4.79 Å². The molecule has 0 aromatic heterocycles. The highest BCUT2D eigenvalue weighted by atomic mass is 16.1. The molecule has 2 aliphatic rings. The molecule has 2 rings (SSSR count). The first-order chi connectivity index (χ1) is 6.21. The van der Waals surface area contributed by atoms with Crippen LogP contribution in [0.1, 0.15) is 52.9 Å². The summed E-state index contributed by atoms with van der Waals surface area (Å²) in [5, 5.41) is 0. The monoisotopic (exact) mass is 180 g/mol. The maximum Gasteiger partial charge on any atom is 0.155 e. The summed E-state index contributed by atoms with van der Waals surface area (Å²) in [7, 11) is 0. The van der Waals surface area contributed by atoms with Crippen LogP contribution in [0.15, 0.2) is 11.6 Å². The Morgan fingerprint density at radius 3 is 2.62 bits per heavy atom. The summed E-state index contributed by atoms with van der Waals surface area (Å²) in [6.45, 7) is 6.30. The van der Waals surface area contributed by atoms with Crippen LogP contribution in [0, 0.1) is 5.41 Å². The van der Waals surface area contributed by atoms with E-state index in [-0.39, 0.29) is 0 Å². The lowest BCUT2D eigenvalue weighted by molar-refractivity contribution is -0.115. The Bertz CT molecular complexity index is 227. The van der Waals surface area contributed by atoms with Crippen LogP contribution in [-0.4, -0.2) is 5.78 Å². The van der Waals surface area contributed by atoms with Gasteiger partial charge in [-0.3, -0.25) is 4.79 Å². The number of allylic oxidation sites excluding steroid dienone is 2. The van der Waals surface area contributed by atoms with Gasteiger partial charge in [-0.25, -0.2) is 0 Å². The van der Waals surface area contributed by atoms with Crippen LogP contribution in [0.4, 0.5) is 0 Å². The molecule has 2 aliphatic carbocycles. The van der Waals surface area contributed by atoms with Gasteiger partial charge in [-0.1, -0.05) is 26.3 Å². The number of hydrogen-bond acceptors (Lipinski definition) is 1. The third kappa shape index (κ3) is 2.01. The van der Waals surface area contributed by atoms with E-state index < -0.39 is 0 Å². The number of carbonyl (C=O) groups excluding carboxylic acids is 1. The number of fused-ring (bicyclic) bond motifs is 1. The molecule has 0 aliphatic heterocycles. The molecule has 1 saturated carbocycles. The molecule has 0 saturated heterocycles. The molecule has 0 unspecified atom stereocenters. The van der Waals surface area contributed by atoms with Crippen molar-refractivity contribution < 1.29 is 4.79 Å². The molecule has 0 heterocycles. The number of hydrogen-bond donors (Lipinski definition) is 0. The predicted molar refractivity (Wildman–Crippen MR) is 55.6 cm³/mol. The van der Waals surface area contributed by atoms with Crippen molar-refractivity contribution in [3.63, 3.8) is 0 Å². The summed E-state index contributed by atoms with van der Waals surface area (Å²) >= 11 is 0. The maximum atomic E-state index is 11.1. The molecule has 0 aromatic carbocycles. The zero-order chi connectivity index (χ0) is 9.90. The second-order valence-corrected chi connectivity index (χ2v) is 4.05. The predicted octanol–water partition coefficient (Wildman–Crippen LogP) is 3.49. The number of carbonyl (C=O) groups is 1. The second kappa shape index (κ2) is 4.08. The lowest BCUT2D eigenvalue weighted by Gasteiger charge is -2.28. The van der Waals surface area contributed by atoms with Gasteiger partial charge >= 0.3 is 0 Å². The molecule has 1 atom stereocenters. The van der Waals surface area contributed by atoms with Crippen LogP contribution >= 0.6 is 0 Å². The molecule has 0 aromatic rings. The van der Waals surface area contributed by atoms with E-state index in [0.29, 0.717) is 11.2 Å². The quantitative estimate of drug-likeness (QED) is 0.557. The van der Waals surface area contributed by atoms with Crippen molar-refractivity contribution in [1.82, 2.24) is 0 Å². The molecule has 1 fully saturated rings. The molecule has 1 heteroatoms. The standard InChI is InChI=1S/C10H14O.C2H6/c1-10-5-2-3-8(10)7-9(11)4-6-10;1-2/h7H,2-6H2,1H3;1-2H3/t10-;/m1./s1. The van der Waals surface area contributed by atoms with Gasteiger partial charge in [0.05, 0.1) is 0 Å². The average molecular weight is 180 g/mol. The topological polar surface area (TPSA) is 17.1 Å². The summed E-state index contributed by atoms with van der Waals surface area (Å²) in [6.07, 6.45) is 7.53. The Morgan fingerprint density at radius 2 is 1.92 bits per heavy atom. The Balaban J connectivity index is 0.000000396. The lowest BCUT2D eigenvalue weighted by Crippen LogP contribution is -2.20. The zero-order valence-corrected chi connectivity index (χ0v) is 9.02. The van der Waals surface area contributed by atoms with Gasteiger partial charge in [-0.15, -0.1) is 0 Å². The van der Waals surface area contributed by atoms with E-state index in [0.717, 1.165) is 12.8 Å². The van der Waals surface area contributed by atoms with E-state index in [1.807, 2.05) is 19.9 Å². The highest BCUT2D eigenvalue weighted by Gasteiger charge is 2.36. The number of rotatable bonds is 0. The molecule has 74 valence electrons. The van der Waals surface area contributed by atoms with E-state index in [9.17, 15) is 4.79 Å². The van der Waals surface area contributed by atoms with Crippen LogP contribution in [0.3, 0.4) is 0 Å². The summed E-state index contributed by atoms with van der Waals surface area (Å²) in [5.41, 5.74) is 1.84. The largest absolute Gasteiger partial charge is 0.295 e. The van der Waals surface area contributed by atoms with Gasteiger partial charge in [0, 0.05) is 6.42 Å². The molecule has 13 heavy (non-hydrogen) atoms. The average Bonchev–Trinajstić information content (AvgIpc) is 2.50. The lowest BCUT2D eigenvalue weighted by atomic mass is 9.76.